The Morgan fingerprint density at radius 2 is 1.94 bits per heavy atom. The molecule has 2 aliphatic rings. The first-order valence-electron chi connectivity index (χ1n) is 10.8. The van der Waals surface area contributed by atoms with E-state index in [0.29, 0.717) is 54.0 Å². The van der Waals surface area contributed by atoms with Crippen molar-refractivity contribution in [1.82, 2.24) is 14.6 Å². The topological polar surface area (TPSA) is 79.4 Å². The fourth-order valence-corrected chi connectivity index (χ4v) is 6.81. The molecule has 2 heterocycles. The lowest BCUT2D eigenvalue weighted by atomic mass is 9.74. The van der Waals surface area contributed by atoms with E-state index in [9.17, 15) is 13.2 Å². The zero-order chi connectivity index (χ0) is 22.9. The third-order valence-corrected chi connectivity index (χ3v) is 9.08. The highest BCUT2D eigenvalue weighted by molar-refractivity contribution is 7.89. The van der Waals surface area contributed by atoms with Gasteiger partial charge in [0.05, 0.1) is 22.0 Å². The number of piperidine rings is 1. The molecule has 172 valence electrons. The van der Waals surface area contributed by atoms with Crippen molar-refractivity contribution in [2.75, 3.05) is 25.4 Å². The molecule has 0 radical (unpaired) electrons. The smallest absolute Gasteiger partial charge is 0.252 e. The number of carbonyl (C=O) groups is 1. The van der Waals surface area contributed by atoms with Crippen LogP contribution >= 0.6 is 23.2 Å². The van der Waals surface area contributed by atoms with Gasteiger partial charge in [0.15, 0.2) is 0 Å². The third-order valence-electron chi connectivity index (χ3n) is 6.49. The molecule has 1 aromatic heterocycles. The molecule has 2 fully saturated rings. The Balaban J connectivity index is 1.53. The number of aromatic nitrogens is 1. The first kappa shape index (κ1) is 23.5. The van der Waals surface area contributed by atoms with Crippen molar-refractivity contribution in [3.8, 4) is 0 Å². The van der Waals surface area contributed by atoms with Crippen LogP contribution in [-0.2, 0) is 15.4 Å². The van der Waals surface area contributed by atoms with Crippen molar-refractivity contribution in [1.29, 1.82) is 0 Å². The number of nitrogens with one attached hydrogen (secondary N) is 1. The molecule has 4 rings (SSSR count). The van der Waals surface area contributed by atoms with Gasteiger partial charge in [-0.05, 0) is 68.4 Å². The van der Waals surface area contributed by atoms with Crippen LogP contribution in [0.3, 0.4) is 0 Å². The molecule has 0 unspecified atom stereocenters. The standard InChI is InChI=1S/C23H27Cl2N3O3S/c1-16-3-2-10-26-21(16)23(15-27-22(29)19-7-6-18(24)13-20(19)25)8-11-28(12-9-23)32(30,31)14-17-4-5-17/h2-3,6-7,10,13,17H,4-5,8-9,11-12,14-15H2,1H3,(H,27,29). The molecular formula is C23H27Cl2N3O3S. The van der Waals surface area contributed by atoms with Gasteiger partial charge in [-0.15, -0.1) is 0 Å². The lowest BCUT2D eigenvalue weighted by Crippen LogP contribution is -2.51. The molecule has 1 saturated heterocycles. The quantitative estimate of drug-likeness (QED) is 0.623. The first-order chi connectivity index (χ1) is 15.2. The number of sulfonamides is 1. The van der Waals surface area contributed by atoms with Crippen LogP contribution in [0.2, 0.25) is 10.0 Å². The number of nitrogens with zero attached hydrogens (tertiary/aromatic N) is 2. The average Bonchev–Trinajstić information content (AvgIpc) is 3.56. The molecule has 0 spiro atoms. The normalized spacial score (nSPS) is 19.0. The van der Waals surface area contributed by atoms with Gasteiger partial charge in [0.2, 0.25) is 10.0 Å². The van der Waals surface area contributed by atoms with E-state index in [0.717, 1.165) is 24.1 Å². The van der Waals surface area contributed by atoms with Gasteiger partial charge in [-0.25, -0.2) is 12.7 Å². The maximum atomic E-state index is 12.9. The maximum Gasteiger partial charge on any atom is 0.252 e. The SMILES string of the molecule is Cc1cccnc1C1(CNC(=O)c2ccc(Cl)cc2Cl)CCN(S(=O)(=O)CC2CC2)CC1. The summed E-state index contributed by atoms with van der Waals surface area (Å²) >= 11 is 12.2. The number of pyridine rings is 1. The second kappa shape index (κ2) is 9.29. The fraction of sp³-hybridized carbons (Fsp3) is 0.478. The van der Waals surface area contributed by atoms with Gasteiger partial charge in [0.25, 0.3) is 5.91 Å². The van der Waals surface area contributed by atoms with Crippen LogP contribution in [0, 0.1) is 12.8 Å². The van der Waals surface area contributed by atoms with Crippen molar-refractivity contribution in [2.24, 2.45) is 5.92 Å². The summed E-state index contributed by atoms with van der Waals surface area (Å²) in [4.78, 5) is 17.5. The molecule has 1 aliphatic carbocycles. The molecule has 9 heteroatoms. The highest BCUT2D eigenvalue weighted by Gasteiger charge is 2.42. The van der Waals surface area contributed by atoms with E-state index in [1.165, 1.54) is 0 Å². The van der Waals surface area contributed by atoms with Gasteiger partial charge in [0.1, 0.15) is 0 Å². The molecule has 1 N–H and O–H groups in total. The second-order valence-electron chi connectivity index (χ2n) is 8.88. The van der Waals surface area contributed by atoms with E-state index >= 15 is 0 Å². The number of amides is 1. The number of hydrogen-bond acceptors (Lipinski definition) is 4. The van der Waals surface area contributed by atoms with E-state index in [1.54, 1.807) is 28.7 Å². The molecule has 6 nitrogen and oxygen atoms in total. The fourth-order valence-electron chi connectivity index (χ4n) is 4.44. The van der Waals surface area contributed by atoms with Crippen molar-refractivity contribution in [3.63, 3.8) is 0 Å². The summed E-state index contributed by atoms with van der Waals surface area (Å²) in [5.41, 5.74) is 1.83. The van der Waals surface area contributed by atoms with Gasteiger partial charge in [-0.2, -0.15) is 0 Å². The minimum atomic E-state index is -3.25. The molecule has 32 heavy (non-hydrogen) atoms. The van der Waals surface area contributed by atoms with Crippen LogP contribution in [0.15, 0.2) is 36.5 Å². The second-order valence-corrected chi connectivity index (χ2v) is 11.7. The lowest BCUT2D eigenvalue weighted by Gasteiger charge is -2.41. The summed E-state index contributed by atoms with van der Waals surface area (Å²) in [5, 5.41) is 3.77. The van der Waals surface area contributed by atoms with Gasteiger partial charge in [-0.1, -0.05) is 29.3 Å². The lowest BCUT2D eigenvalue weighted by molar-refractivity contribution is 0.0932. The van der Waals surface area contributed by atoms with E-state index in [-0.39, 0.29) is 11.7 Å². The molecule has 1 amide bonds. The number of rotatable bonds is 7. The minimum absolute atomic E-state index is 0.244. The summed E-state index contributed by atoms with van der Waals surface area (Å²) in [7, 11) is -3.25. The Bertz CT molecular complexity index is 1110. The Kier molecular flexibility index (Phi) is 6.82. The Labute approximate surface area is 199 Å². The third kappa shape index (κ3) is 5.11. The minimum Gasteiger partial charge on any atom is -0.351 e. The van der Waals surface area contributed by atoms with Crippen LogP contribution < -0.4 is 5.32 Å². The predicted molar refractivity (Wildman–Crippen MR) is 127 cm³/mol. The molecule has 0 bridgehead atoms. The highest BCUT2D eigenvalue weighted by Crippen LogP contribution is 2.38. The van der Waals surface area contributed by atoms with E-state index < -0.39 is 15.4 Å². The van der Waals surface area contributed by atoms with E-state index in [4.69, 9.17) is 23.2 Å². The largest absolute Gasteiger partial charge is 0.351 e. The monoisotopic (exact) mass is 495 g/mol. The van der Waals surface area contributed by atoms with Gasteiger partial charge < -0.3 is 5.32 Å². The summed E-state index contributed by atoms with van der Waals surface area (Å²) < 4.78 is 27.2. The van der Waals surface area contributed by atoms with Gasteiger partial charge in [-0.3, -0.25) is 9.78 Å². The summed E-state index contributed by atoms with van der Waals surface area (Å²) in [6.07, 6.45) is 4.93. The predicted octanol–water partition coefficient (Wildman–Crippen LogP) is 4.20. The number of carbonyl (C=O) groups excluding carboxylic acids is 1. The summed E-state index contributed by atoms with van der Waals surface area (Å²) in [5.74, 6) is 0.269. The van der Waals surface area contributed by atoms with Gasteiger partial charge in [0, 0.05) is 36.3 Å². The number of halogens is 2. The Hall–Kier alpha value is -1.67. The molecular weight excluding hydrogens is 469 g/mol. The first-order valence-corrected chi connectivity index (χ1v) is 13.2. The van der Waals surface area contributed by atoms with Crippen LogP contribution in [0.1, 0.15) is 47.3 Å². The molecule has 1 aromatic carbocycles. The zero-order valence-corrected chi connectivity index (χ0v) is 20.3. The van der Waals surface area contributed by atoms with Crippen molar-refractivity contribution in [3.05, 3.63) is 63.4 Å². The molecule has 1 saturated carbocycles. The molecule has 2 aromatic rings. The number of aryl methyl sites for hydroxylation is 1. The number of hydrogen-bond donors (Lipinski definition) is 1. The summed E-state index contributed by atoms with van der Waals surface area (Å²) in [6.45, 7) is 3.18. The summed E-state index contributed by atoms with van der Waals surface area (Å²) in [6, 6.07) is 8.65. The van der Waals surface area contributed by atoms with Crippen molar-refractivity contribution >= 4 is 39.1 Å². The van der Waals surface area contributed by atoms with Crippen LogP contribution in [0.25, 0.3) is 0 Å². The van der Waals surface area contributed by atoms with Crippen molar-refractivity contribution < 1.29 is 13.2 Å². The highest BCUT2D eigenvalue weighted by atomic mass is 35.5. The maximum absolute atomic E-state index is 12.9. The molecule has 0 atom stereocenters. The van der Waals surface area contributed by atoms with Crippen LogP contribution in [0.5, 0.6) is 0 Å². The van der Waals surface area contributed by atoms with Crippen molar-refractivity contribution in [2.45, 2.75) is 38.0 Å². The van der Waals surface area contributed by atoms with Crippen LogP contribution in [0.4, 0.5) is 0 Å². The Morgan fingerprint density at radius 1 is 1.22 bits per heavy atom. The average molecular weight is 496 g/mol. The van der Waals surface area contributed by atoms with Gasteiger partial charge >= 0.3 is 0 Å². The number of benzene rings is 1. The zero-order valence-electron chi connectivity index (χ0n) is 18.0. The van der Waals surface area contributed by atoms with E-state index in [1.807, 2.05) is 19.1 Å². The Morgan fingerprint density at radius 3 is 2.56 bits per heavy atom. The molecule has 1 aliphatic heterocycles. The van der Waals surface area contributed by atoms with E-state index in [2.05, 4.69) is 10.3 Å². The van der Waals surface area contributed by atoms with Crippen LogP contribution in [-0.4, -0.2) is 49.0 Å².